The molecule has 0 bridgehead atoms. The Hall–Kier alpha value is -1.63. The number of hydrogen-bond acceptors (Lipinski definition) is 5. The van der Waals surface area contributed by atoms with E-state index in [0.717, 1.165) is 39.0 Å². The molecule has 0 aromatic carbocycles. The quantitative estimate of drug-likeness (QED) is 0.0684. The summed E-state index contributed by atoms with van der Waals surface area (Å²) in [7, 11) is -4.67. The van der Waals surface area contributed by atoms with Crippen molar-refractivity contribution in [2.75, 3.05) is 26.2 Å². The van der Waals surface area contributed by atoms with Crippen molar-refractivity contribution in [1.29, 1.82) is 0 Å². The molecule has 0 saturated carbocycles. The highest BCUT2D eigenvalue weighted by Crippen LogP contribution is 2.06. The van der Waals surface area contributed by atoms with Gasteiger partial charge in [0.2, 0.25) is 0 Å². The predicted octanol–water partition coefficient (Wildman–Crippen LogP) is 1.15. The Morgan fingerprint density at radius 3 is 1.17 bits per heavy atom. The number of aliphatic imine (C=N–C) groups is 2. The number of hydrogen-bond donors (Lipinski definition) is 7. The first-order chi connectivity index (χ1) is 14.1. The highest BCUT2D eigenvalue weighted by atomic mass is 32.3. The van der Waals surface area contributed by atoms with Gasteiger partial charge in [0.25, 0.3) is 0 Å². The third-order valence-corrected chi connectivity index (χ3v) is 4.11. The van der Waals surface area contributed by atoms with E-state index in [1.54, 1.807) is 0 Å². The Kier molecular flexibility index (Phi) is 22.5. The fraction of sp³-hybridized carbons (Fsp3) is 0.889. The third kappa shape index (κ3) is 40.9. The number of rotatable bonds is 18. The molecule has 0 atom stereocenters. The van der Waals surface area contributed by atoms with Gasteiger partial charge in [0.1, 0.15) is 0 Å². The first-order valence-electron chi connectivity index (χ1n) is 10.6. The molecule has 11 N–H and O–H groups in total. The van der Waals surface area contributed by atoms with Gasteiger partial charge in [0, 0.05) is 13.1 Å². The molecule has 0 fully saturated rings. The van der Waals surface area contributed by atoms with Crippen molar-refractivity contribution in [3.63, 3.8) is 0 Å². The van der Waals surface area contributed by atoms with E-state index in [1.807, 2.05) is 0 Å². The molecule has 0 heterocycles. The van der Waals surface area contributed by atoms with Crippen LogP contribution in [0.2, 0.25) is 0 Å². The molecule has 0 rings (SSSR count). The van der Waals surface area contributed by atoms with Crippen LogP contribution < -0.4 is 28.3 Å². The van der Waals surface area contributed by atoms with Crippen LogP contribution in [0.15, 0.2) is 9.98 Å². The Morgan fingerprint density at radius 1 is 0.600 bits per heavy atom. The van der Waals surface area contributed by atoms with Gasteiger partial charge in [0.05, 0.1) is 0 Å². The van der Waals surface area contributed by atoms with Crippen molar-refractivity contribution in [2.24, 2.45) is 32.9 Å². The van der Waals surface area contributed by atoms with Gasteiger partial charge >= 0.3 is 10.4 Å². The average molecular weight is 454 g/mol. The Bertz CT molecular complexity index is 495. The number of unbranched alkanes of at least 4 members (excludes halogenated alkanes) is 10. The van der Waals surface area contributed by atoms with Crippen LogP contribution in [0.4, 0.5) is 0 Å². The molecule has 0 amide bonds. The minimum Gasteiger partial charge on any atom is -0.370 e. The minimum absolute atomic E-state index is 0.203. The van der Waals surface area contributed by atoms with Crippen molar-refractivity contribution < 1.29 is 17.5 Å². The molecule has 30 heavy (non-hydrogen) atoms. The number of nitrogens with zero attached hydrogens (tertiary/aromatic N) is 2. The molecular weight excluding hydrogens is 410 g/mol. The van der Waals surface area contributed by atoms with E-state index in [0.29, 0.717) is 0 Å². The first kappa shape index (κ1) is 30.6. The normalized spacial score (nSPS) is 10.7. The van der Waals surface area contributed by atoms with E-state index >= 15 is 0 Å². The maximum Gasteiger partial charge on any atom is 0.394 e. The lowest BCUT2D eigenvalue weighted by molar-refractivity contribution is 0.381. The van der Waals surface area contributed by atoms with Gasteiger partial charge in [-0.2, -0.15) is 8.42 Å². The largest absolute Gasteiger partial charge is 0.394 e. The summed E-state index contributed by atoms with van der Waals surface area (Å²) in [6, 6.07) is 0. The topological polar surface area (TPSA) is 215 Å². The van der Waals surface area contributed by atoms with Gasteiger partial charge in [-0.25, -0.2) is 0 Å². The SMILES string of the molecule is NC(N)=NCCCCCCCCNCCCCCCCCN=C(N)N.O=S(=O)(O)O. The summed E-state index contributed by atoms with van der Waals surface area (Å²) in [5.41, 5.74) is 21.1. The summed E-state index contributed by atoms with van der Waals surface area (Å²) in [5.74, 6) is 0.405. The zero-order valence-electron chi connectivity index (χ0n) is 18.1. The van der Waals surface area contributed by atoms with E-state index < -0.39 is 10.4 Å². The molecule has 0 radical (unpaired) electrons. The molecule has 0 aliphatic carbocycles. The molecule has 0 aromatic heterocycles. The fourth-order valence-corrected chi connectivity index (χ4v) is 2.68. The number of guanidine groups is 2. The van der Waals surface area contributed by atoms with E-state index in [9.17, 15) is 0 Å². The van der Waals surface area contributed by atoms with Crippen molar-refractivity contribution in [3.05, 3.63) is 0 Å². The zero-order valence-corrected chi connectivity index (χ0v) is 19.0. The van der Waals surface area contributed by atoms with E-state index in [1.165, 1.54) is 64.2 Å². The van der Waals surface area contributed by atoms with Crippen LogP contribution in [-0.2, 0) is 10.4 Å². The lowest BCUT2D eigenvalue weighted by atomic mass is 10.1. The van der Waals surface area contributed by atoms with Gasteiger partial charge in [-0.3, -0.25) is 19.1 Å². The summed E-state index contributed by atoms with van der Waals surface area (Å²) >= 11 is 0. The molecule has 0 aliphatic heterocycles. The van der Waals surface area contributed by atoms with Crippen LogP contribution in [0.25, 0.3) is 0 Å². The fourth-order valence-electron chi connectivity index (χ4n) is 2.68. The van der Waals surface area contributed by atoms with Gasteiger partial charge in [-0.15, -0.1) is 0 Å². The van der Waals surface area contributed by atoms with E-state index in [-0.39, 0.29) is 11.9 Å². The molecule has 11 nitrogen and oxygen atoms in total. The maximum atomic E-state index is 8.74. The third-order valence-electron chi connectivity index (χ3n) is 4.11. The monoisotopic (exact) mass is 453 g/mol. The second kappa shape index (κ2) is 22.1. The van der Waals surface area contributed by atoms with Crippen molar-refractivity contribution >= 4 is 22.3 Å². The van der Waals surface area contributed by atoms with Crippen molar-refractivity contribution in [2.45, 2.75) is 77.0 Å². The van der Waals surface area contributed by atoms with Crippen molar-refractivity contribution in [3.8, 4) is 0 Å². The van der Waals surface area contributed by atoms with Gasteiger partial charge in [0.15, 0.2) is 11.9 Å². The number of nitrogens with one attached hydrogen (secondary N) is 1. The van der Waals surface area contributed by atoms with E-state index in [2.05, 4.69) is 15.3 Å². The molecule has 0 spiro atoms. The molecule has 12 heteroatoms. The summed E-state index contributed by atoms with van der Waals surface area (Å²) < 4.78 is 31.6. The average Bonchev–Trinajstić information content (AvgIpc) is 2.61. The van der Waals surface area contributed by atoms with Crippen LogP contribution in [0.1, 0.15) is 77.0 Å². The highest BCUT2D eigenvalue weighted by Gasteiger charge is 1.94. The maximum absolute atomic E-state index is 8.74. The van der Waals surface area contributed by atoms with Crippen LogP contribution in [0, 0.1) is 0 Å². The standard InChI is InChI=1S/C18H41N7.H2O4S/c19-17(20)24-15-11-7-3-1-5-9-13-23-14-10-6-2-4-8-12-16-25-18(21)22;1-5(2,3)4/h23H,1-16H2,(H4,19,20,24)(H4,21,22,25);(H2,1,2,3,4). The molecule has 0 aliphatic rings. The second-order valence-corrected chi connectivity index (χ2v) is 7.95. The lowest BCUT2D eigenvalue weighted by Crippen LogP contribution is -2.22. The summed E-state index contributed by atoms with van der Waals surface area (Å²) in [6.07, 6.45) is 15.0. The lowest BCUT2D eigenvalue weighted by Gasteiger charge is -2.05. The molecule has 0 aromatic rings. The zero-order chi connectivity index (χ0) is 23.1. The smallest absolute Gasteiger partial charge is 0.370 e. The summed E-state index contributed by atoms with van der Waals surface area (Å²) in [6.45, 7) is 3.82. The van der Waals surface area contributed by atoms with Crippen LogP contribution in [-0.4, -0.2) is 55.6 Å². The summed E-state index contributed by atoms with van der Waals surface area (Å²) in [5, 5.41) is 3.54. The molecule has 180 valence electrons. The second-order valence-electron chi connectivity index (χ2n) is 7.05. The predicted molar refractivity (Wildman–Crippen MR) is 124 cm³/mol. The minimum atomic E-state index is -4.67. The number of nitrogens with two attached hydrogens (primary N) is 4. The van der Waals surface area contributed by atoms with Crippen LogP contribution in [0.5, 0.6) is 0 Å². The van der Waals surface area contributed by atoms with Gasteiger partial charge in [-0.1, -0.05) is 51.4 Å². The summed E-state index contributed by atoms with van der Waals surface area (Å²) in [4.78, 5) is 7.97. The Labute approximate surface area is 181 Å². The molecule has 0 saturated heterocycles. The van der Waals surface area contributed by atoms with Crippen LogP contribution in [0.3, 0.4) is 0 Å². The van der Waals surface area contributed by atoms with Crippen LogP contribution >= 0.6 is 0 Å². The van der Waals surface area contributed by atoms with E-state index in [4.69, 9.17) is 40.5 Å². The molecular formula is C18H43N7O4S. The molecule has 0 unspecified atom stereocenters. The van der Waals surface area contributed by atoms with Gasteiger partial charge in [-0.05, 0) is 38.8 Å². The highest BCUT2D eigenvalue weighted by molar-refractivity contribution is 7.79. The Morgan fingerprint density at radius 2 is 0.867 bits per heavy atom. The van der Waals surface area contributed by atoms with Crippen molar-refractivity contribution in [1.82, 2.24) is 5.32 Å². The first-order valence-corrected chi connectivity index (χ1v) is 12.0. The van der Waals surface area contributed by atoms with Gasteiger partial charge < -0.3 is 28.3 Å². The Balaban J connectivity index is 0.